The lowest BCUT2D eigenvalue weighted by molar-refractivity contribution is -0.137. The number of rotatable bonds is 4. The second-order valence-electron chi connectivity index (χ2n) is 6.25. The van der Waals surface area contributed by atoms with Gasteiger partial charge in [-0.05, 0) is 12.8 Å². The smallest absolute Gasteiger partial charge is 0.290 e. The Hall–Kier alpha value is -2.00. The number of aromatic nitrogens is 2. The van der Waals surface area contributed by atoms with E-state index in [0.717, 1.165) is 24.8 Å². The number of morpholine rings is 1. The Kier molecular flexibility index (Phi) is 5.41. The third-order valence-electron chi connectivity index (χ3n) is 4.43. The molecular formula is C15H22N4O5. The molecule has 0 spiro atoms. The molecule has 1 aromatic heterocycles. The van der Waals surface area contributed by atoms with Gasteiger partial charge >= 0.3 is 0 Å². The van der Waals surface area contributed by atoms with Crippen LogP contribution in [-0.4, -0.2) is 83.4 Å². The summed E-state index contributed by atoms with van der Waals surface area (Å²) in [4.78, 5) is 29.0. The largest absolute Gasteiger partial charge is 0.483 e. The van der Waals surface area contributed by atoms with E-state index < -0.39 is 0 Å². The average Bonchev–Trinajstić information content (AvgIpc) is 3.30. The van der Waals surface area contributed by atoms with Crippen molar-refractivity contribution in [2.75, 3.05) is 45.9 Å². The Morgan fingerprint density at radius 3 is 2.54 bits per heavy atom. The van der Waals surface area contributed by atoms with E-state index in [-0.39, 0.29) is 12.4 Å². The van der Waals surface area contributed by atoms with E-state index in [0.29, 0.717) is 44.7 Å². The Morgan fingerprint density at radius 2 is 1.92 bits per heavy atom. The molecule has 4 rings (SSSR count). The second-order valence-corrected chi connectivity index (χ2v) is 6.25. The van der Waals surface area contributed by atoms with Gasteiger partial charge in [-0.15, -0.1) is 0 Å². The van der Waals surface area contributed by atoms with Crippen LogP contribution in [0.2, 0.25) is 0 Å². The number of nitrogens with zero attached hydrogens (tertiary/aromatic N) is 4. The van der Waals surface area contributed by atoms with Crippen LogP contribution in [0.5, 0.6) is 0 Å². The molecule has 2 saturated heterocycles. The van der Waals surface area contributed by atoms with E-state index in [1.807, 2.05) is 4.90 Å². The fourth-order valence-corrected chi connectivity index (χ4v) is 2.88. The van der Waals surface area contributed by atoms with E-state index in [2.05, 4.69) is 15.0 Å². The molecule has 1 amide bonds. The summed E-state index contributed by atoms with van der Waals surface area (Å²) in [6.45, 7) is 4.64. The Balaban J connectivity index is 0.000000526. The first-order valence-corrected chi connectivity index (χ1v) is 8.20. The van der Waals surface area contributed by atoms with Crippen molar-refractivity contribution in [3.05, 3.63) is 11.7 Å². The summed E-state index contributed by atoms with van der Waals surface area (Å²) >= 11 is 0. The Bertz CT molecular complexity index is 562. The molecule has 3 fully saturated rings. The lowest BCUT2D eigenvalue weighted by atomic mass is 10.0. The quantitative estimate of drug-likeness (QED) is 0.759. The minimum Gasteiger partial charge on any atom is -0.483 e. The number of ether oxygens (including phenoxy) is 1. The van der Waals surface area contributed by atoms with Crippen molar-refractivity contribution in [2.45, 2.75) is 24.7 Å². The summed E-state index contributed by atoms with van der Waals surface area (Å²) < 4.78 is 10.6. The topological polar surface area (TPSA) is 109 Å². The van der Waals surface area contributed by atoms with Gasteiger partial charge in [0.25, 0.3) is 6.47 Å². The summed E-state index contributed by atoms with van der Waals surface area (Å²) in [5.41, 5.74) is 0. The minimum atomic E-state index is -0.250. The van der Waals surface area contributed by atoms with Crippen molar-refractivity contribution >= 4 is 12.4 Å². The van der Waals surface area contributed by atoms with Gasteiger partial charge in [-0.3, -0.25) is 14.5 Å². The second kappa shape index (κ2) is 7.71. The highest BCUT2D eigenvalue weighted by molar-refractivity contribution is 5.78. The van der Waals surface area contributed by atoms with Crippen molar-refractivity contribution in [1.29, 1.82) is 0 Å². The fourth-order valence-electron chi connectivity index (χ4n) is 2.88. The van der Waals surface area contributed by atoms with Gasteiger partial charge in [0.2, 0.25) is 11.8 Å². The molecule has 2 aliphatic heterocycles. The molecule has 0 bridgehead atoms. The standard InChI is InChI=1S/C14H20N4O3.CH2O2/c19-12(18-3-5-20-6-4-18)9-17-7-11(8-17)14-15-13(16-21-14)10-1-2-10;2-1-3/h10-11H,1-9H2;1H,(H,2,3). The van der Waals surface area contributed by atoms with Crippen molar-refractivity contribution in [3.63, 3.8) is 0 Å². The average molecular weight is 338 g/mol. The van der Waals surface area contributed by atoms with Crippen molar-refractivity contribution in [2.24, 2.45) is 0 Å². The number of carbonyl (C=O) groups excluding carboxylic acids is 1. The van der Waals surface area contributed by atoms with E-state index in [1.165, 1.54) is 12.8 Å². The molecule has 0 unspecified atom stereocenters. The number of hydrogen-bond acceptors (Lipinski definition) is 7. The van der Waals surface area contributed by atoms with Crippen LogP contribution in [0.15, 0.2) is 4.52 Å². The number of carboxylic acid groups (broad SMARTS) is 1. The first-order valence-electron chi connectivity index (χ1n) is 8.20. The van der Waals surface area contributed by atoms with Crippen molar-refractivity contribution in [3.8, 4) is 0 Å². The summed E-state index contributed by atoms with van der Waals surface area (Å²) in [7, 11) is 0. The molecule has 0 aromatic carbocycles. The Morgan fingerprint density at radius 1 is 1.25 bits per heavy atom. The molecule has 1 N–H and O–H groups in total. The zero-order chi connectivity index (χ0) is 16.9. The molecule has 0 atom stereocenters. The maximum Gasteiger partial charge on any atom is 0.290 e. The first kappa shape index (κ1) is 16.8. The van der Waals surface area contributed by atoms with Crippen LogP contribution in [0.25, 0.3) is 0 Å². The summed E-state index contributed by atoms with van der Waals surface area (Å²) in [6, 6.07) is 0. The van der Waals surface area contributed by atoms with E-state index in [1.54, 1.807) is 0 Å². The number of hydrogen-bond donors (Lipinski definition) is 1. The zero-order valence-corrected chi connectivity index (χ0v) is 13.5. The number of carbonyl (C=O) groups is 2. The Labute approximate surface area is 139 Å². The van der Waals surface area contributed by atoms with Gasteiger partial charge < -0.3 is 19.3 Å². The number of likely N-dealkylation sites (tertiary alicyclic amines) is 1. The maximum atomic E-state index is 12.1. The molecule has 1 aromatic rings. The maximum absolute atomic E-state index is 12.1. The predicted molar refractivity (Wildman–Crippen MR) is 81.5 cm³/mol. The van der Waals surface area contributed by atoms with Gasteiger partial charge in [-0.25, -0.2) is 0 Å². The lowest BCUT2D eigenvalue weighted by Crippen LogP contribution is -2.52. The molecule has 9 heteroatoms. The molecule has 1 saturated carbocycles. The highest BCUT2D eigenvalue weighted by Crippen LogP contribution is 2.39. The predicted octanol–water partition coefficient (Wildman–Crippen LogP) is -0.0942. The minimum absolute atomic E-state index is 0.195. The van der Waals surface area contributed by atoms with Crippen molar-refractivity contribution in [1.82, 2.24) is 19.9 Å². The van der Waals surface area contributed by atoms with Crippen LogP contribution >= 0.6 is 0 Å². The van der Waals surface area contributed by atoms with E-state index >= 15 is 0 Å². The van der Waals surface area contributed by atoms with Gasteiger partial charge in [0.15, 0.2) is 5.82 Å². The van der Waals surface area contributed by atoms with E-state index in [9.17, 15) is 4.79 Å². The van der Waals surface area contributed by atoms with Crippen LogP contribution in [-0.2, 0) is 14.3 Å². The SMILES string of the molecule is O=C(CN1CC(c2nc(C3CC3)no2)C1)N1CCOCC1.O=CO. The monoisotopic (exact) mass is 338 g/mol. The fraction of sp³-hybridized carbons (Fsp3) is 0.733. The summed E-state index contributed by atoms with van der Waals surface area (Å²) in [6.07, 6.45) is 2.37. The lowest BCUT2D eigenvalue weighted by Gasteiger charge is -2.38. The first-order chi connectivity index (χ1) is 11.7. The van der Waals surface area contributed by atoms with Gasteiger partial charge in [0.1, 0.15) is 0 Å². The van der Waals surface area contributed by atoms with Crippen LogP contribution in [0.4, 0.5) is 0 Å². The molecular weight excluding hydrogens is 316 g/mol. The molecule has 1 aliphatic carbocycles. The van der Waals surface area contributed by atoms with Crippen LogP contribution in [0.3, 0.4) is 0 Å². The highest BCUT2D eigenvalue weighted by Gasteiger charge is 2.36. The van der Waals surface area contributed by atoms with E-state index in [4.69, 9.17) is 19.2 Å². The zero-order valence-electron chi connectivity index (χ0n) is 13.5. The molecule has 3 heterocycles. The molecule has 9 nitrogen and oxygen atoms in total. The molecule has 132 valence electrons. The molecule has 0 radical (unpaired) electrons. The van der Waals surface area contributed by atoms with Crippen LogP contribution in [0, 0.1) is 0 Å². The normalized spacial score (nSPS) is 21.6. The third kappa shape index (κ3) is 4.09. The van der Waals surface area contributed by atoms with Crippen molar-refractivity contribution < 1.29 is 24.0 Å². The summed E-state index contributed by atoms with van der Waals surface area (Å²) in [5, 5.41) is 10.9. The highest BCUT2D eigenvalue weighted by atomic mass is 16.5. The van der Waals surface area contributed by atoms with Gasteiger partial charge in [-0.2, -0.15) is 4.98 Å². The van der Waals surface area contributed by atoms with Gasteiger partial charge in [-0.1, -0.05) is 5.16 Å². The molecule has 3 aliphatic rings. The van der Waals surface area contributed by atoms with Crippen LogP contribution in [0.1, 0.15) is 36.4 Å². The third-order valence-corrected chi connectivity index (χ3v) is 4.43. The molecule has 24 heavy (non-hydrogen) atoms. The number of amides is 1. The summed E-state index contributed by atoms with van der Waals surface area (Å²) in [5.74, 6) is 2.63. The van der Waals surface area contributed by atoms with Crippen LogP contribution < -0.4 is 0 Å². The van der Waals surface area contributed by atoms with Gasteiger partial charge in [0, 0.05) is 32.1 Å². The van der Waals surface area contributed by atoms with Gasteiger partial charge in [0.05, 0.1) is 25.7 Å².